The zero-order valence-corrected chi connectivity index (χ0v) is 18.0. The molecule has 28 heavy (non-hydrogen) atoms. The van der Waals surface area contributed by atoms with Crippen LogP contribution in [0.5, 0.6) is 0 Å². The van der Waals surface area contributed by atoms with Crippen LogP contribution in [0, 0.1) is 23.2 Å². The molecule has 4 bridgehead atoms. The Hall–Kier alpha value is -0.520. The van der Waals surface area contributed by atoms with Crippen molar-refractivity contribution in [2.24, 2.45) is 23.2 Å². The fraction of sp³-hybridized carbons (Fsp3) is 0.600. The predicted octanol–water partition coefficient (Wildman–Crippen LogP) is 5.47. The van der Waals surface area contributed by atoms with Crippen LogP contribution in [0.3, 0.4) is 0 Å². The van der Waals surface area contributed by atoms with Crippen LogP contribution in [0.25, 0.3) is 0 Å². The molecule has 0 spiro atoms. The molecule has 2 amide bonds. The normalized spacial score (nSPS) is 34.3. The number of amides is 2. The number of aliphatic hydroxyl groups excluding tert-OH is 1. The zero-order chi connectivity index (χ0) is 20.0. The molecular weight excluding hydrogens is 444 g/mol. The predicted molar refractivity (Wildman–Crippen MR) is 108 cm³/mol. The lowest BCUT2D eigenvalue weighted by atomic mass is 9.47. The van der Waals surface area contributed by atoms with Crippen molar-refractivity contribution in [3.05, 3.63) is 31.2 Å². The van der Waals surface area contributed by atoms with Gasteiger partial charge in [-0.2, -0.15) is 0 Å². The van der Waals surface area contributed by atoms with Crippen LogP contribution in [0.15, 0.2) is 0 Å². The van der Waals surface area contributed by atoms with Crippen LogP contribution >= 0.6 is 46.4 Å². The summed E-state index contributed by atoms with van der Waals surface area (Å²) in [5, 5.41) is 10.1. The number of imide groups is 1. The average Bonchev–Trinajstić information content (AvgIpc) is 2.89. The van der Waals surface area contributed by atoms with E-state index in [-0.39, 0.29) is 43.2 Å². The number of rotatable bonds is 3. The molecule has 4 aliphatic carbocycles. The molecule has 4 fully saturated rings. The van der Waals surface area contributed by atoms with Gasteiger partial charge in [-0.25, -0.2) is 0 Å². The van der Waals surface area contributed by atoms with Gasteiger partial charge in [0, 0.05) is 0 Å². The third-order valence-corrected chi connectivity index (χ3v) is 9.21. The highest BCUT2D eigenvalue weighted by Crippen LogP contribution is 2.62. The molecule has 0 radical (unpaired) electrons. The second-order valence-corrected chi connectivity index (χ2v) is 10.5. The summed E-state index contributed by atoms with van der Waals surface area (Å²) >= 11 is 24.8. The van der Waals surface area contributed by atoms with Crippen LogP contribution < -0.4 is 0 Å². The summed E-state index contributed by atoms with van der Waals surface area (Å²) in [5.41, 5.74) is -0.243. The summed E-state index contributed by atoms with van der Waals surface area (Å²) in [5.74, 6) is 0.769. The SMILES string of the molecule is O=C1c2c(Cl)c(Cl)c(Cl)c(Cl)c2C(=O)N1[C@H](CO)C12CC3CC(CC(C3)C1)C2. The molecule has 1 aliphatic heterocycles. The standard InChI is InChI=1S/C20H19Cl4NO3/c21-14-12-13(15(22)17(24)16(14)23)19(28)25(18(12)27)11(7-26)20-4-8-1-9(5-20)3-10(2-8)6-20/h8-11,26H,1-7H2/t8?,9?,10?,11-,20?/m1/s1. The summed E-state index contributed by atoms with van der Waals surface area (Å²) < 4.78 is 0. The number of nitrogens with zero attached hydrogens (tertiary/aromatic N) is 1. The Morgan fingerprint density at radius 2 is 1.21 bits per heavy atom. The molecule has 5 aliphatic rings. The Morgan fingerprint density at radius 3 is 1.57 bits per heavy atom. The smallest absolute Gasteiger partial charge is 0.263 e. The van der Waals surface area contributed by atoms with Crippen molar-refractivity contribution in [1.29, 1.82) is 0 Å². The number of aliphatic hydroxyl groups is 1. The zero-order valence-electron chi connectivity index (χ0n) is 15.0. The van der Waals surface area contributed by atoms with Crippen molar-refractivity contribution < 1.29 is 14.7 Å². The van der Waals surface area contributed by atoms with Crippen LogP contribution in [0.1, 0.15) is 59.2 Å². The Morgan fingerprint density at radius 1 is 0.821 bits per heavy atom. The topological polar surface area (TPSA) is 57.6 Å². The number of carbonyl (C=O) groups excluding carboxylic acids is 2. The molecule has 1 heterocycles. The minimum atomic E-state index is -0.585. The molecule has 4 saturated carbocycles. The average molecular weight is 463 g/mol. The first-order valence-electron chi connectivity index (χ1n) is 9.62. The number of carbonyl (C=O) groups is 2. The first-order chi connectivity index (χ1) is 13.3. The van der Waals surface area contributed by atoms with Crippen molar-refractivity contribution in [2.75, 3.05) is 6.61 Å². The molecular formula is C20H19Cl4NO3. The number of hydrogen-bond donors (Lipinski definition) is 1. The van der Waals surface area contributed by atoms with E-state index in [9.17, 15) is 14.7 Å². The summed E-state index contributed by atoms with van der Waals surface area (Å²) in [6.07, 6.45) is 6.51. The summed E-state index contributed by atoms with van der Waals surface area (Å²) in [7, 11) is 0. The minimum absolute atomic E-state index is 0.00533. The van der Waals surface area contributed by atoms with Crippen LogP contribution in [-0.2, 0) is 0 Å². The minimum Gasteiger partial charge on any atom is -0.394 e. The lowest BCUT2D eigenvalue weighted by Crippen LogP contribution is -2.59. The van der Waals surface area contributed by atoms with Crippen LogP contribution in [0.2, 0.25) is 20.1 Å². The van der Waals surface area contributed by atoms with Crippen molar-refractivity contribution in [2.45, 2.75) is 44.6 Å². The van der Waals surface area contributed by atoms with E-state index in [2.05, 4.69) is 0 Å². The van der Waals surface area contributed by atoms with Gasteiger partial charge in [0.2, 0.25) is 0 Å². The monoisotopic (exact) mass is 461 g/mol. The highest BCUT2D eigenvalue weighted by atomic mass is 35.5. The van der Waals surface area contributed by atoms with E-state index in [4.69, 9.17) is 46.4 Å². The molecule has 1 N–H and O–H groups in total. The van der Waals surface area contributed by atoms with Crippen molar-refractivity contribution >= 4 is 58.2 Å². The van der Waals surface area contributed by atoms with Crippen molar-refractivity contribution in [1.82, 2.24) is 4.90 Å². The number of fused-ring (bicyclic) bond motifs is 1. The van der Waals surface area contributed by atoms with Gasteiger partial charge in [-0.15, -0.1) is 0 Å². The Balaban J connectivity index is 1.60. The molecule has 8 heteroatoms. The van der Waals surface area contributed by atoms with E-state index in [1.165, 1.54) is 24.2 Å². The van der Waals surface area contributed by atoms with E-state index in [0.717, 1.165) is 19.3 Å². The molecule has 4 nitrogen and oxygen atoms in total. The molecule has 0 unspecified atom stereocenters. The quantitative estimate of drug-likeness (QED) is 0.368. The van der Waals surface area contributed by atoms with Gasteiger partial charge in [-0.3, -0.25) is 14.5 Å². The van der Waals surface area contributed by atoms with Gasteiger partial charge in [0.1, 0.15) is 0 Å². The largest absolute Gasteiger partial charge is 0.394 e. The van der Waals surface area contributed by atoms with Crippen LogP contribution in [-0.4, -0.2) is 34.5 Å². The van der Waals surface area contributed by atoms with Gasteiger partial charge >= 0.3 is 0 Å². The first-order valence-corrected chi connectivity index (χ1v) is 11.1. The van der Waals surface area contributed by atoms with Gasteiger partial charge in [0.15, 0.2) is 0 Å². The van der Waals surface area contributed by atoms with E-state index in [1.54, 1.807) is 0 Å². The fourth-order valence-corrected chi connectivity index (χ4v) is 7.80. The third-order valence-electron chi connectivity index (χ3n) is 7.41. The van der Waals surface area contributed by atoms with Crippen LogP contribution in [0.4, 0.5) is 0 Å². The highest BCUT2D eigenvalue weighted by molar-refractivity contribution is 6.55. The van der Waals surface area contributed by atoms with Gasteiger partial charge in [0.25, 0.3) is 11.8 Å². The lowest BCUT2D eigenvalue weighted by molar-refractivity contribution is -0.0989. The Labute approximate surface area is 183 Å². The molecule has 0 aromatic heterocycles. The molecule has 150 valence electrons. The maximum absolute atomic E-state index is 13.3. The van der Waals surface area contributed by atoms with E-state index in [1.807, 2.05) is 0 Å². The highest BCUT2D eigenvalue weighted by Gasteiger charge is 2.58. The number of hydrogen-bond acceptors (Lipinski definition) is 3. The van der Waals surface area contributed by atoms with Gasteiger partial charge in [0.05, 0.1) is 43.9 Å². The summed E-state index contributed by atoms with van der Waals surface area (Å²) in [6.45, 7) is -0.270. The van der Waals surface area contributed by atoms with Gasteiger partial charge in [-0.1, -0.05) is 46.4 Å². The second kappa shape index (κ2) is 6.49. The first kappa shape index (κ1) is 19.4. The number of halogens is 4. The maximum Gasteiger partial charge on any atom is 0.263 e. The summed E-state index contributed by atoms with van der Waals surface area (Å²) in [6, 6.07) is -0.585. The molecule has 1 aromatic carbocycles. The van der Waals surface area contributed by atoms with E-state index < -0.39 is 17.9 Å². The Bertz CT molecular complexity index is 833. The van der Waals surface area contributed by atoms with Crippen molar-refractivity contribution in [3.63, 3.8) is 0 Å². The van der Waals surface area contributed by atoms with E-state index in [0.29, 0.717) is 17.8 Å². The fourth-order valence-electron chi connectivity index (χ4n) is 6.78. The molecule has 0 saturated heterocycles. The van der Waals surface area contributed by atoms with Gasteiger partial charge < -0.3 is 5.11 Å². The third kappa shape index (κ3) is 2.48. The molecule has 1 atom stereocenters. The molecule has 6 rings (SSSR count). The molecule has 1 aromatic rings. The van der Waals surface area contributed by atoms with Crippen molar-refractivity contribution in [3.8, 4) is 0 Å². The summed E-state index contributed by atoms with van der Waals surface area (Å²) in [4.78, 5) is 27.8. The van der Waals surface area contributed by atoms with E-state index >= 15 is 0 Å². The second-order valence-electron chi connectivity index (χ2n) is 8.96. The Kier molecular flexibility index (Phi) is 4.50. The maximum atomic E-state index is 13.3. The lowest BCUT2D eigenvalue weighted by Gasteiger charge is -2.60. The number of benzene rings is 1. The van der Waals surface area contributed by atoms with Gasteiger partial charge in [-0.05, 0) is 61.7 Å².